The maximum Gasteiger partial charge on any atom is 0.289 e. The summed E-state index contributed by atoms with van der Waals surface area (Å²) in [5.74, 6) is 0.884. The van der Waals surface area contributed by atoms with Crippen molar-refractivity contribution in [2.75, 3.05) is 27.2 Å². The third kappa shape index (κ3) is 3.36. The standard InChI is InChI=1S/C11H19N3O2/c1-13-6-3-7-14(2)11(15)10-5-4-9(8-12)16-10/h4-5,13H,3,6-8,12H2,1-2H3. The zero-order chi connectivity index (χ0) is 12.0. The van der Waals surface area contributed by atoms with E-state index in [0.29, 0.717) is 24.6 Å². The van der Waals surface area contributed by atoms with Crippen molar-refractivity contribution in [3.8, 4) is 0 Å². The minimum atomic E-state index is -0.101. The Balaban J connectivity index is 2.49. The van der Waals surface area contributed by atoms with Crippen molar-refractivity contribution in [2.45, 2.75) is 13.0 Å². The normalized spacial score (nSPS) is 10.4. The molecule has 5 heteroatoms. The molecule has 0 atom stereocenters. The van der Waals surface area contributed by atoms with Crippen LogP contribution in [-0.2, 0) is 6.54 Å². The molecule has 0 saturated carbocycles. The summed E-state index contributed by atoms with van der Waals surface area (Å²) in [5.41, 5.74) is 5.41. The average Bonchev–Trinajstić information content (AvgIpc) is 2.76. The van der Waals surface area contributed by atoms with Gasteiger partial charge in [-0.25, -0.2) is 0 Å². The maximum absolute atomic E-state index is 11.8. The number of hydrogen-bond donors (Lipinski definition) is 2. The van der Waals surface area contributed by atoms with Gasteiger partial charge in [0.25, 0.3) is 5.91 Å². The van der Waals surface area contributed by atoms with E-state index in [-0.39, 0.29) is 5.91 Å². The molecule has 3 N–H and O–H groups in total. The first-order valence-corrected chi connectivity index (χ1v) is 5.38. The molecule has 0 saturated heterocycles. The van der Waals surface area contributed by atoms with Gasteiger partial charge in [0, 0.05) is 13.6 Å². The molecule has 1 heterocycles. The van der Waals surface area contributed by atoms with Crippen molar-refractivity contribution < 1.29 is 9.21 Å². The molecule has 1 rings (SSSR count). The molecular weight excluding hydrogens is 206 g/mol. The van der Waals surface area contributed by atoms with Gasteiger partial charge in [-0.05, 0) is 32.1 Å². The molecule has 0 aliphatic heterocycles. The summed E-state index contributed by atoms with van der Waals surface area (Å²) in [6.45, 7) is 1.92. The van der Waals surface area contributed by atoms with Crippen LogP contribution in [-0.4, -0.2) is 38.0 Å². The van der Waals surface area contributed by atoms with E-state index in [2.05, 4.69) is 5.32 Å². The molecular formula is C11H19N3O2. The Morgan fingerprint density at radius 3 is 2.88 bits per heavy atom. The second-order valence-corrected chi connectivity index (χ2v) is 3.65. The van der Waals surface area contributed by atoms with E-state index in [9.17, 15) is 4.79 Å². The number of rotatable bonds is 6. The highest BCUT2D eigenvalue weighted by Gasteiger charge is 2.14. The summed E-state index contributed by atoms with van der Waals surface area (Å²) in [5, 5.41) is 3.04. The number of hydrogen-bond acceptors (Lipinski definition) is 4. The van der Waals surface area contributed by atoms with Crippen LogP contribution in [0.25, 0.3) is 0 Å². The van der Waals surface area contributed by atoms with Crippen LogP contribution in [0.4, 0.5) is 0 Å². The van der Waals surface area contributed by atoms with Gasteiger partial charge in [0.05, 0.1) is 6.54 Å². The number of carbonyl (C=O) groups is 1. The molecule has 1 amide bonds. The fraction of sp³-hybridized carbons (Fsp3) is 0.545. The van der Waals surface area contributed by atoms with Gasteiger partial charge in [0.2, 0.25) is 0 Å². The van der Waals surface area contributed by atoms with Gasteiger partial charge in [-0.2, -0.15) is 0 Å². The summed E-state index contributed by atoms with van der Waals surface area (Å²) >= 11 is 0. The summed E-state index contributed by atoms with van der Waals surface area (Å²) in [6, 6.07) is 3.40. The van der Waals surface area contributed by atoms with Gasteiger partial charge in [-0.1, -0.05) is 0 Å². The number of nitrogens with two attached hydrogens (primary N) is 1. The van der Waals surface area contributed by atoms with Crippen molar-refractivity contribution in [1.82, 2.24) is 10.2 Å². The van der Waals surface area contributed by atoms with Crippen molar-refractivity contribution >= 4 is 5.91 Å². The molecule has 1 aromatic heterocycles. The molecule has 0 spiro atoms. The Bertz CT molecular complexity index is 336. The molecule has 0 aliphatic carbocycles. The highest BCUT2D eigenvalue weighted by atomic mass is 16.4. The van der Waals surface area contributed by atoms with Gasteiger partial charge in [0.15, 0.2) is 5.76 Å². The molecule has 5 nitrogen and oxygen atoms in total. The van der Waals surface area contributed by atoms with Crippen molar-refractivity contribution in [1.29, 1.82) is 0 Å². The quantitative estimate of drug-likeness (QED) is 0.688. The SMILES string of the molecule is CNCCCN(C)C(=O)c1ccc(CN)o1. The maximum atomic E-state index is 11.8. The number of furan rings is 1. The number of carbonyl (C=O) groups excluding carboxylic acids is 1. The summed E-state index contributed by atoms with van der Waals surface area (Å²) in [7, 11) is 3.66. The number of nitrogens with zero attached hydrogens (tertiary/aromatic N) is 1. The van der Waals surface area contributed by atoms with E-state index in [1.54, 1.807) is 24.1 Å². The first-order valence-electron chi connectivity index (χ1n) is 5.38. The molecule has 0 unspecified atom stereocenters. The van der Waals surface area contributed by atoms with E-state index >= 15 is 0 Å². The van der Waals surface area contributed by atoms with Gasteiger partial charge in [0.1, 0.15) is 5.76 Å². The highest BCUT2D eigenvalue weighted by Crippen LogP contribution is 2.09. The zero-order valence-electron chi connectivity index (χ0n) is 9.82. The topological polar surface area (TPSA) is 71.5 Å². The van der Waals surface area contributed by atoms with Crippen molar-refractivity contribution in [3.05, 3.63) is 23.7 Å². The van der Waals surface area contributed by atoms with Crippen LogP contribution in [0.15, 0.2) is 16.5 Å². The van der Waals surface area contributed by atoms with Crippen LogP contribution in [0, 0.1) is 0 Å². The minimum absolute atomic E-state index is 0.101. The second-order valence-electron chi connectivity index (χ2n) is 3.65. The van der Waals surface area contributed by atoms with Crippen molar-refractivity contribution in [2.24, 2.45) is 5.73 Å². The third-order valence-electron chi connectivity index (χ3n) is 2.34. The fourth-order valence-electron chi connectivity index (χ4n) is 1.39. The highest BCUT2D eigenvalue weighted by molar-refractivity contribution is 5.91. The summed E-state index contributed by atoms with van der Waals surface area (Å²) < 4.78 is 5.29. The molecule has 0 aliphatic rings. The molecule has 0 bridgehead atoms. The molecule has 16 heavy (non-hydrogen) atoms. The Kier molecular flexibility index (Phi) is 5.01. The first kappa shape index (κ1) is 12.7. The van der Waals surface area contributed by atoms with Crippen LogP contribution < -0.4 is 11.1 Å². The predicted molar refractivity (Wildman–Crippen MR) is 62.1 cm³/mol. The van der Waals surface area contributed by atoms with Crippen LogP contribution in [0.1, 0.15) is 22.7 Å². The van der Waals surface area contributed by atoms with E-state index in [4.69, 9.17) is 10.2 Å². The lowest BCUT2D eigenvalue weighted by molar-refractivity contribution is 0.0760. The lowest BCUT2D eigenvalue weighted by atomic mass is 10.3. The molecule has 1 aromatic rings. The van der Waals surface area contributed by atoms with Crippen LogP contribution in [0.2, 0.25) is 0 Å². The second kappa shape index (κ2) is 6.30. The van der Waals surface area contributed by atoms with Gasteiger partial charge >= 0.3 is 0 Å². The van der Waals surface area contributed by atoms with E-state index in [1.165, 1.54) is 0 Å². The first-order chi connectivity index (χ1) is 7.69. The average molecular weight is 225 g/mol. The van der Waals surface area contributed by atoms with E-state index < -0.39 is 0 Å². The fourth-order valence-corrected chi connectivity index (χ4v) is 1.39. The van der Waals surface area contributed by atoms with Crippen LogP contribution >= 0.6 is 0 Å². The van der Waals surface area contributed by atoms with Crippen LogP contribution in [0.3, 0.4) is 0 Å². The Morgan fingerprint density at radius 2 is 2.31 bits per heavy atom. The van der Waals surface area contributed by atoms with Gasteiger partial charge in [-0.3, -0.25) is 4.79 Å². The summed E-state index contributed by atoms with van der Waals surface area (Å²) in [6.07, 6.45) is 0.920. The predicted octanol–water partition coefficient (Wildman–Crippen LogP) is 0.420. The molecule has 0 fully saturated rings. The van der Waals surface area contributed by atoms with Gasteiger partial charge in [-0.15, -0.1) is 0 Å². The molecule has 90 valence electrons. The Morgan fingerprint density at radius 1 is 1.56 bits per heavy atom. The number of amides is 1. The smallest absolute Gasteiger partial charge is 0.289 e. The van der Waals surface area contributed by atoms with E-state index in [0.717, 1.165) is 13.0 Å². The van der Waals surface area contributed by atoms with Crippen LogP contribution in [0.5, 0.6) is 0 Å². The monoisotopic (exact) mass is 225 g/mol. The van der Waals surface area contributed by atoms with Gasteiger partial charge < -0.3 is 20.4 Å². The lowest BCUT2D eigenvalue weighted by Gasteiger charge is -2.15. The largest absolute Gasteiger partial charge is 0.455 e. The van der Waals surface area contributed by atoms with Crippen molar-refractivity contribution in [3.63, 3.8) is 0 Å². The Hall–Kier alpha value is -1.33. The third-order valence-corrected chi connectivity index (χ3v) is 2.34. The lowest BCUT2D eigenvalue weighted by Crippen LogP contribution is -2.29. The molecule has 0 radical (unpaired) electrons. The Labute approximate surface area is 95.6 Å². The number of nitrogens with one attached hydrogen (secondary N) is 1. The summed E-state index contributed by atoms with van der Waals surface area (Å²) in [4.78, 5) is 13.5. The molecule has 0 aromatic carbocycles. The zero-order valence-corrected chi connectivity index (χ0v) is 9.82. The minimum Gasteiger partial charge on any atom is -0.455 e. The van der Waals surface area contributed by atoms with E-state index in [1.807, 2.05) is 7.05 Å².